The third-order valence-corrected chi connectivity index (χ3v) is 10.1. The number of rotatable bonds is 5. The minimum Gasteiger partial charge on any atom is -0.489 e. The minimum atomic E-state index is -0.306. The number of benzene rings is 5. The van der Waals surface area contributed by atoms with Gasteiger partial charge in [-0.3, -0.25) is 4.79 Å². The van der Waals surface area contributed by atoms with Gasteiger partial charge in [0.15, 0.2) is 5.78 Å². The number of carbonyl (C=O) groups is 1. The average molecular weight is 611 g/mol. The molecule has 5 nitrogen and oxygen atoms in total. The van der Waals surface area contributed by atoms with E-state index in [1.807, 2.05) is 24.3 Å². The topological polar surface area (TPSA) is 61.3 Å². The molecule has 3 atom stereocenters. The number of carbonyl (C=O) groups excluding carboxylic acids is 1. The molecule has 2 heterocycles. The van der Waals surface area contributed by atoms with Gasteiger partial charge in [-0.05, 0) is 87.1 Å². The first-order valence-corrected chi connectivity index (χ1v) is 16.1. The largest absolute Gasteiger partial charge is 0.489 e. The normalized spacial score (nSPS) is 20.2. The van der Waals surface area contributed by atoms with Crippen LogP contribution >= 0.6 is 0 Å². The third kappa shape index (κ3) is 4.79. The van der Waals surface area contributed by atoms with E-state index in [2.05, 4.69) is 39.0 Å². The second-order valence-corrected chi connectivity index (χ2v) is 13.5. The van der Waals surface area contributed by atoms with Crippen molar-refractivity contribution in [2.24, 2.45) is 11.8 Å². The van der Waals surface area contributed by atoms with Gasteiger partial charge < -0.3 is 9.47 Å². The summed E-state index contributed by atoms with van der Waals surface area (Å²) in [5.74, 6) is 2.42. The maximum atomic E-state index is 14.0. The molecular weight excluding hydrogens is 575 g/mol. The van der Waals surface area contributed by atoms with Crippen LogP contribution in [0.3, 0.4) is 0 Å². The lowest BCUT2D eigenvalue weighted by Gasteiger charge is -2.49. The minimum absolute atomic E-state index is 0.110. The average Bonchev–Trinajstić information content (AvgIpc) is 3.06. The fraction of sp³-hybridized carbons (Fsp3) is 0.275. The van der Waals surface area contributed by atoms with Gasteiger partial charge in [-0.2, -0.15) is 0 Å². The summed E-state index contributed by atoms with van der Waals surface area (Å²) in [6, 6.07) is 27.4. The molecule has 2 aliphatic rings. The van der Waals surface area contributed by atoms with Gasteiger partial charge in [-0.1, -0.05) is 55.8 Å². The number of fused-ring (bicyclic) bond motifs is 9. The quantitative estimate of drug-likeness (QED) is 0.111. The third-order valence-electron chi connectivity index (χ3n) is 10.1. The number of hydrogen-bond acceptors (Lipinski definition) is 5. The van der Waals surface area contributed by atoms with Crippen molar-refractivity contribution in [3.05, 3.63) is 119 Å². The van der Waals surface area contributed by atoms with Crippen LogP contribution < -0.4 is 9.47 Å². The predicted molar refractivity (Wildman–Crippen MR) is 179 cm³/mol. The molecule has 0 radical (unpaired) electrons. The van der Waals surface area contributed by atoms with Crippen LogP contribution in [0.15, 0.2) is 91.0 Å². The van der Waals surface area contributed by atoms with Crippen LogP contribution in [0.1, 0.15) is 73.0 Å². The zero-order valence-corrected chi connectivity index (χ0v) is 26.2. The Balaban J connectivity index is 1.18. The van der Waals surface area contributed by atoms with Crippen molar-refractivity contribution in [2.45, 2.75) is 58.2 Å². The van der Waals surface area contributed by atoms with Gasteiger partial charge in [-0.25, -0.2) is 14.4 Å². The molecule has 1 saturated carbocycles. The van der Waals surface area contributed by atoms with E-state index in [9.17, 15) is 9.18 Å². The molecule has 0 spiro atoms. The van der Waals surface area contributed by atoms with Crippen LogP contribution in [0.2, 0.25) is 0 Å². The maximum Gasteiger partial charge on any atom is 0.193 e. The molecule has 46 heavy (non-hydrogen) atoms. The summed E-state index contributed by atoms with van der Waals surface area (Å²) in [5.41, 5.74) is 5.63. The van der Waals surface area contributed by atoms with Gasteiger partial charge in [0.05, 0.1) is 22.1 Å². The van der Waals surface area contributed by atoms with Gasteiger partial charge in [-0.15, -0.1) is 0 Å². The highest BCUT2D eigenvalue weighted by Crippen LogP contribution is 2.56. The number of ether oxygens (including phenoxy) is 2. The Kier molecular flexibility index (Phi) is 6.78. The second kappa shape index (κ2) is 10.9. The van der Waals surface area contributed by atoms with E-state index in [1.165, 1.54) is 18.1 Å². The van der Waals surface area contributed by atoms with E-state index < -0.39 is 0 Å². The first kappa shape index (κ1) is 28.6. The summed E-state index contributed by atoms with van der Waals surface area (Å²) >= 11 is 0. The van der Waals surface area contributed by atoms with E-state index in [0.29, 0.717) is 45.7 Å². The van der Waals surface area contributed by atoms with E-state index in [1.54, 1.807) is 42.5 Å². The molecule has 0 N–H and O–H groups in total. The molecule has 3 unspecified atom stereocenters. The highest BCUT2D eigenvalue weighted by molar-refractivity contribution is 6.13. The lowest BCUT2D eigenvalue weighted by Crippen LogP contribution is -2.46. The second-order valence-electron chi connectivity index (χ2n) is 13.5. The Hall–Kier alpha value is -4.84. The molecule has 230 valence electrons. The van der Waals surface area contributed by atoms with Crippen LogP contribution in [-0.4, -0.2) is 21.4 Å². The number of halogens is 1. The first-order valence-electron chi connectivity index (χ1n) is 16.1. The Morgan fingerprint density at radius 1 is 0.870 bits per heavy atom. The monoisotopic (exact) mass is 610 g/mol. The zero-order chi connectivity index (χ0) is 31.6. The lowest BCUT2D eigenvalue weighted by molar-refractivity contribution is -0.0115. The molecule has 1 aliphatic carbocycles. The van der Waals surface area contributed by atoms with Crippen molar-refractivity contribution >= 4 is 38.6 Å². The van der Waals surface area contributed by atoms with Gasteiger partial charge >= 0.3 is 0 Å². The van der Waals surface area contributed by atoms with Crippen molar-refractivity contribution in [1.82, 2.24) is 9.97 Å². The summed E-state index contributed by atoms with van der Waals surface area (Å²) in [5, 5.41) is 2.11. The fourth-order valence-electron chi connectivity index (χ4n) is 7.68. The van der Waals surface area contributed by atoms with Crippen molar-refractivity contribution in [1.29, 1.82) is 0 Å². The molecule has 8 rings (SSSR count). The Morgan fingerprint density at radius 3 is 2.39 bits per heavy atom. The summed E-state index contributed by atoms with van der Waals surface area (Å²) in [4.78, 5) is 24.1. The number of hydrogen-bond donors (Lipinski definition) is 0. The van der Waals surface area contributed by atoms with Crippen molar-refractivity contribution in [3.8, 4) is 11.5 Å². The van der Waals surface area contributed by atoms with Crippen LogP contribution in [0, 0.1) is 17.7 Å². The molecular formula is C40H35FN2O3. The predicted octanol–water partition coefficient (Wildman–Crippen LogP) is 9.58. The summed E-state index contributed by atoms with van der Waals surface area (Å²) in [6.45, 7) is 6.92. The van der Waals surface area contributed by atoms with Crippen molar-refractivity contribution < 1.29 is 18.7 Å². The Morgan fingerprint density at radius 2 is 1.59 bits per heavy atom. The highest BCUT2D eigenvalue weighted by Gasteiger charge is 2.47. The molecule has 1 fully saturated rings. The molecule has 6 heteroatoms. The summed E-state index contributed by atoms with van der Waals surface area (Å²) in [7, 11) is 0. The molecule has 1 aliphatic heterocycles. The van der Waals surface area contributed by atoms with Crippen LogP contribution in [-0.2, 0) is 6.61 Å². The van der Waals surface area contributed by atoms with E-state index >= 15 is 0 Å². The Bertz CT molecular complexity index is 2160. The fourth-order valence-corrected chi connectivity index (χ4v) is 7.68. The van der Waals surface area contributed by atoms with Gasteiger partial charge in [0.1, 0.15) is 29.5 Å². The van der Waals surface area contributed by atoms with Gasteiger partial charge in [0.2, 0.25) is 0 Å². The van der Waals surface area contributed by atoms with E-state index in [4.69, 9.17) is 19.4 Å². The van der Waals surface area contributed by atoms with Crippen molar-refractivity contribution in [3.63, 3.8) is 0 Å². The van der Waals surface area contributed by atoms with Crippen LogP contribution in [0.25, 0.3) is 32.8 Å². The SMILES string of the molecule is CC1CCC2C(C1)c1c(c3ccccc3c3nc4ccc(C(=O)c5ccc(OCc6ccccc6F)cc5)cc4nc13)OC2(C)C. The van der Waals surface area contributed by atoms with E-state index in [-0.39, 0.29) is 23.8 Å². The molecule has 0 bridgehead atoms. The number of aromatic nitrogens is 2. The lowest BCUT2D eigenvalue weighted by atomic mass is 9.64. The molecule has 5 aromatic carbocycles. The highest BCUT2D eigenvalue weighted by atomic mass is 19.1. The molecule has 1 aromatic heterocycles. The van der Waals surface area contributed by atoms with Crippen molar-refractivity contribution in [2.75, 3.05) is 0 Å². The number of ketones is 1. The molecule has 0 saturated heterocycles. The maximum absolute atomic E-state index is 14.0. The first-order chi connectivity index (χ1) is 22.3. The standard InChI is InChI=1S/C40H35FN2O3/c1-23-12-18-31-30(20-23)35-37-36(28-9-5-6-10-29(28)39(35)46-40(31,2)3)42-33-19-15-25(21-34(33)43-37)38(44)24-13-16-27(17-14-24)45-22-26-8-4-7-11-32(26)41/h4-11,13-17,19,21,23,30-31H,12,18,20,22H2,1-3H3. The number of nitrogens with zero attached hydrogens (tertiary/aromatic N) is 2. The van der Waals surface area contributed by atoms with Gasteiger partial charge in [0.25, 0.3) is 0 Å². The molecule has 6 aromatic rings. The zero-order valence-electron chi connectivity index (χ0n) is 26.2. The molecule has 0 amide bonds. The van der Waals surface area contributed by atoms with Gasteiger partial charge in [0, 0.05) is 38.9 Å². The van der Waals surface area contributed by atoms with E-state index in [0.717, 1.165) is 45.9 Å². The Labute approximate surface area is 267 Å². The van der Waals surface area contributed by atoms with Crippen LogP contribution in [0.5, 0.6) is 11.5 Å². The van der Waals surface area contributed by atoms with Crippen LogP contribution in [0.4, 0.5) is 4.39 Å². The smallest absolute Gasteiger partial charge is 0.193 e. The summed E-state index contributed by atoms with van der Waals surface area (Å²) < 4.78 is 26.6. The summed E-state index contributed by atoms with van der Waals surface area (Å²) in [6.07, 6.45) is 3.42.